The molecular formula is C26H37KO5S. The van der Waals surface area contributed by atoms with Crippen LogP contribution in [0.4, 0.5) is 0 Å². The number of para-hydroxylation sites is 2. The van der Waals surface area contributed by atoms with Crippen molar-refractivity contribution in [2.24, 2.45) is 0 Å². The van der Waals surface area contributed by atoms with Crippen molar-refractivity contribution in [1.29, 1.82) is 0 Å². The summed E-state index contributed by atoms with van der Waals surface area (Å²) >= 11 is 0. The zero-order valence-corrected chi connectivity index (χ0v) is 24.2. The average molecular weight is 501 g/mol. The smallest absolute Gasteiger partial charge is 0.869 e. The molecule has 2 rings (SSSR count). The first-order valence-corrected chi connectivity index (χ1v) is 13.4. The average Bonchev–Trinajstić information content (AvgIpc) is 2.76. The van der Waals surface area contributed by atoms with Crippen molar-refractivity contribution in [3.8, 4) is 17.2 Å². The van der Waals surface area contributed by atoms with E-state index in [2.05, 4.69) is 6.92 Å². The van der Waals surface area contributed by atoms with Crippen molar-refractivity contribution in [2.75, 3.05) is 0 Å². The summed E-state index contributed by atoms with van der Waals surface area (Å²) < 4.78 is 37.7. The summed E-state index contributed by atoms with van der Waals surface area (Å²) in [4.78, 5) is -0.673. The Balaban J connectivity index is 0.00000544. The van der Waals surface area contributed by atoms with Gasteiger partial charge in [0.05, 0.1) is 4.90 Å². The normalized spacial score (nSPS) is 11.2. The molecule has 1 N–H and O–H groups in total. The van der Waals surface area contributed by atoms with Crippen molar-refractivity contribution in [3.63, 3.8) is 0 Å². The predicted octanol–water partition coefficient (Wildman–Crippen LogP) is 4.05. The van der Waals surface area contributed by atoms with Gasteiger partial charge in [-0.05, 0) is 42.4 Å². The number of rotatable bonds is 16. The molecular weight excluding hydrogens is 463 g/mol. The standard InChI is InChI=1S/C26H38O5S.K/c1-2-3-4-5-6-7-8-9-10-11-12-13-17-22-18-14-15-19-23(22)31-24-20-16-21-25(26(24)27)32(28,29)30;/h14-16,18-21,27H,2-13,17H2,1H3,(H,28,29,30);/q;+1/p-1. The van der Waals surface area contributed by atoms with Crippen LogP contribution in [0.1, 0.15) is 89.5 Å². The molecule has 0 fully saturated rings. The molecule has 5 nitrogen and oxygen atoms in total. The second kappa shape index (κ2) is 17.1. The van der Waals surface area contributed by atoms with Gasteiger partial charge in [-0.25, -0.2) is 0 Å². The molecule has 0 unspecified atom stereocenters. The third-order valence-corrected chi connectivity index (χ3v) is 6.59. The molecule has 0 saturated heterocycles. The van der Waals surface area contributed by atoms with Crippen LogP contribution in [-0.4, -0.2) is 13.0 Å². The zero-order valence-electron chi connectivity index (χ0n) is 20.2. The molecule has 0 spiro atoms. The molecule has 178 valence electrons. The quantitative estimate of drug-likeness (QED) is 0.213. The molecule has 0 amide bonds. The van der Waals surface area contributed by atoms with Crippen LogP contribution in [0.25, 0.3) is 0 Å². The van der Waals surface area contributed by atoms with E-state index in [1.165, 1.54) is 76.3 Å². The molecule has 2 aromatic carbocycles. The van der Waals surface area contributed by atoms with Gasteiger partial charge in [0.2, 0.25) is 0 Å². The van der Waals surface area contributed by atoms with Crippen molar-refractivity contribution in [3.05, 3.63) is 48.0 Å². The summed E-state index contributed by atoms with van der Waals surface area (Å²) in [5.74, 6) is -0.405. The summed E-state index contributed by atoms with van der Waals surface area (Å²) in [6.07, 6.45) is 16.3. The van der Waals surface area contributed by atoms with Gasteiger partial charge in [0.15, 0.2) is 0 Å². The third kappa shape index (κ3) is 11.7. The third-order valence-electron chi connectivity index (χ3n) is 5.71. The Morgan fingerprint density at radius 3 is 1.85 bits per heavy atom. The topological polar surface area (TPSA) is 86.7 Å². The van der Waals surface area contributed by atoms with Gasteiger partial charge in [-0.1, -0.05) is 102 Å². The summed E-state index contributed by atoms with van der Waals surface area (Å²) in [5.41, 5.74) is 0.983. The summed E-state index contributed by atoms with van der Waals surface area (Å²) in [6.45, 7) is 2.25. The fraction of sp³-hybridized carbons (Fsp3) is 0.538. The van der Waals surface area contributed by atoms with Crippen LogP contribution in [0.15, 0.2) is 47.4 Å². The minimum absolute atomic E-state index is 0. The first-order valence-electron chi connectivity index (χ1n) is 12.0. The van der Waals surface area contributed by atoms with Crippen LogP contribution in [0.2, 0.25) is 0 Å². The molecule has 0 heterocycles. The number of hydrogen-bond acceptors (Lipinski definition) is 4. The Hall–Kier alpha value is -0.414. The molecule has 0 atom stereocenters. The van der Waals surface area contributed by atoms with Crippen LogP contribution in [0.5, 0.6) is 17.2 Å². The number of unbranched alkanes of at least 4 members (excludes halogenated alkanes) is 11. The number of benzene rings is 2. The van der Waals surface area contributed by atoms with Crippen molar-refractivity contribution < 1.29 is 74.2 Å². The number of hydrogen-bond donors (Lipinski definition) is 1. The van der Waals surface area contributed by atoms with E-state index in [4.69, 9.17) is 4.74 Å². The van der Waals surface area contributed by atoms with E-state index in [0.29, 0.717) is 5.75 Å². The molecule has 0 aliphatic carbocycles. The van der Waals surface area contributed by atoms with Gasteiger partial charge < -0.3 is 9.84 Å². The van der Waals surface area contributed by atoms with E-state index >= 15 is 0 Å². The number of aryl methyl sites for hydroxylation is 1. The van der Waals surface area contributed by atoms with Crippen LogP contribution in [0.3, 0.4) is 0 Å². The zero-order chi connectivity index (χ0) is 23.2. The molecule has 0 bridgehead atoms. The Bertz CT molecular complexity index is 915. The van der Waals surface area contributed by atoms with E-state index in [-0.39, 0.29) is 57.1 Å². The van der Waals surface area contributed by atoms with Gasteiger partial charge in [0.25, 0.3) is 10.1 Å². The van der Waals surface area contributed by atoms with Crippen LogP contribution in [-0.2, 0) is 16.5 Å². The Morgan fingerprint density at radius 2 is 1.27 bits per heavy atom. The second-order valence-corrected chi connectivity index (χ2v) is 9.80. The number of ether oxygens (including phenoxy) is 1. The Morgan fingerprint density at radius 1 is 0.758 bits per heavy atom. The SMILES string of the molecule is CCCCCCCCCCCCCCc1ccccc1Oc1cccc(S(=O)(=O)O)c1[O-].[K+]. The summed E-state index contributed by atoms with van der Waals surface area (Å²) in [5, 5.41) is 12.3. The Labute approximate surface area is 242 Å². The minimum Gasteiger partial charge on any atom is -0.869 e. The molecule has 0 aromatic heterocycles. The van der Waals surface area contributed by atoms with E-state index < -0.39 is 20.8 Å². The summed E-state index contributed by atoms with van der Waals surface area (Å²) in [6, 6.07) is 11.3. The predicted molar refractivity (Wildman–Crippen MR) is 127 cm³/mol. The van der Waals surface area contributed by atoms with Crippen LogP contribution >= 0.6 is 0 Å². The van der Waals surface area contributed by atoms with E-state index in [1.807, 2.05) is 18.2 Å². The van der Waals surface area contributed by atoms with E-state index in [1.54, 1.807) is 6.07 Å². The maximum atomic E-state index is 12.3. The van der Waals surface area contributed by atoms with Gasteiger partial charge in [-0.2, -0.15) is 8.42 Å². The van der Waals surface area contributed by atoms with Crippen molar-refractivity contribution >= 4 is 10.1 Å². The molecule has 0 saturated carbocycles. The van der Waals surface area contributed by atoms with E-state index in [0.717, 1.165) is 30.9 Å². The summed E-state index contributed by atoms with van der Waals surface area (Å²) in [7, 11) is -4.59. The molecule has 33 heavy (non-hydrogen) atoms. The maximum Gasteiger partial charge on any atom is 1.00 e. The van der Waals surface area contributed by atoms with Gasteiger partial charge in [0.1, 0.15) is 11.5 Å². The molecule has 2 aromatic rings. The first kappa shape index (κ1) is 30.6. The van der Waals surface area contributed by atoms with Crippen molar-refractivity contribution in [2.45, 2.75) is 95.3 Å². The largest absolute Gasteiger partial charge is 1.00 e. The minimum atomic E-state index is -4.59. The maximum absolute atomic E-state index is 12.3. The van der Waals surface area contributed by atoms with Crippen molar-refractivity contribution in [1.82, 2.24) is 0 Å². The van der Waals surface area contributed by atoms with Gasteiger partial charge >= 0.3 is 51.4 Å². The Kier molecular flexibility index (Phi) is 15.9. The van der Waals surface area contributed by atoms with Gasteiger partial charge in [-0.15, -0.1) is 0 Å². The van der Waals surface area contributed by atoms with Gasteiger partial charge in [-0.3, -0.25) is 4.55 Å². The molecule has 0 radical (unpaired) electrons. The molecule has 0 aliphatic rings. The monoisotopic (exact) mass is 500 g/mol. The second-order valence-electron chi connectivity index (χ2n) is 8.41. The fourth-order valence-electron chi connectivity index (χ4n) is 3.86. The van der Waals surface area contributed by atoms with Gasteiger partial charge in [0, 0.05) is 0 Å². The van der Waals surface area contributed by atoms with Crippen LogP contribution in [0, 0.1) is 0 Å². The molecule has 7 heteroatoms. The first-order chi connectivity index (χ1) is 15.4. The molecule has 0 aliphatic heterocycles. The fourth-order valence-corrected chi connectivity index (χ4v) is 4.45. The van der Waals surface area contributed by atoms with Crippen LogP contribution < -0.4 is 61.2 Å². The van der Waals surface area contributed by atoms with E-state index in [9.17, 15) is 18.1 Å².